The van der Waals surface area contributed by atoms with Gasteiger partial charge in [-0.1, -0.05) is 23.7 Å². The molecule has 6 heteroatoms. The molecule has 0 spiro atoms. The monoisotopic (exact) mass is 392 g/mol. The zero-order chi connectivity index (χ0) is 19.2. The van der Waals surface area contributed by atoms with Gasteiger partial charge in [0, 0.05) is 10.6 Å². The number of rotatable bonds is 7. The lowest BCUT2D eigenvalue weighted by Gasteiger charge is -2.30. The molecule has 0 aromatic heterocycles. The Hall–Kier alpha value is -1.95. The van der Waals surface area contributed by atoms with Crippen molar-refractivity contribution in [2.75, 3.05) is 47.5 Å². The Balaban J connectivity index is 1.60. The molecule has 0 bridgehead atoms. The molecular weight excluding hydrogens is 364 g/mol. The van der Waals surface area contributed by atoms with Gasteiger partial charge in [0.25, 0.3) is 0 Å². The highest BCUT2D eigenvalue weighted by Crippen LogP contribution is 2.39. The van der Waals surface area contributed by atoms with E-state index in [9.17, 15) is 0 Å². The van der Waals surface area contributed by atoms with Crippen molar-refractivity contribution in [2.24, 2.45) is 0 Å². The molecule has 5 nitrogen and oxygen atoms in total. The molecule has 1 aliphatic heterocycles. The van der Waals surface area contributed by atoms with Gasteiger partial charge in [-0.05, 0) is 24.3 Å². The van der Waals surface area contributed by atoms with Gasteiger partial charge < -0.3 is 24.0 Å². The second kappa shape index (κ2) is 9.31. The smallest absolute Gasteiger partial charge is 0.203 e. The zero-order valence-electron chi connectivity index (χ0n) is 16.3. The summed E-state index contributed by atoms with van der Waals surface area (Å²) >= 11 is 5.98. The van der Waals surface area contributed by atoms with Crippen LogP contribution in [0.15, 0.2) is 36.4 Å². The van der Waals surface area contributed by atoms with E-state index < -0.39 is 0 Å². The van der Waals surface area contributed by atoms with Crippen LogP contribution in [0.25, 0.3) is 0 Å². The fraction of sp³-hybridized carbons (Fsp3) is 0.429. The Morgan fingerprint density at radius 3 is 1.89 bits per heavy atom. The summed E-state index contributed by atoms with van der Waals surface area (Å²) < 4.78 is 16.5. The minimum absolute atomic E-state index is 0.670. The van der Waals surface area contributed by atoms with Crippen LogP contribution in [0.1, 0.15) is 11.1 Å². The van der Waals surface area contributed by atoms with Crippen LogP contribution < -0.4 is 24.0 Å². The molecule has 1 aliphatic rings. The summed E-state index contributed by atoms with van der Waals surface area (Å²) in [5.41, 5.74) is 2.51. The third kappa shape index (κ3) is 4.86. The molecule has 0 radical (unpaired) electrons. The van der Waals surface area contributed by atoms with Gasteiger partial charge in [-0.15, -0.1) is 0 Å². The fourth-order valence-corrected chi connectivity index (χ4v) is 3.90. The second-order valence-corrected chi connectivity index (χ2v) is 7.41. The average Bonchev–Trinajstić information content (AvgIpc) is 2.70. The molecule has 2 aromatic carbocycles. The molecule has 1 saturated heterocycles. The maximum Gasteiger partial charge on any atom is 0.203 e. The van der Waals surface area contributed by atoms with Crippen molar-refractivity contribution < 1.29 is 24.0 Å². The number of quaternary nitrogens is 2. The molecule has 1 heterocycles. The van der Waals surface area contributed by atoms with Gasteiger partial charge in [0.05, 0.1) is 26.9 Å². The van der Waals surface area contributed by atoms with Gasteiger partial charge >= 0.3 is 0 Å². The molecular formula is C21H29ClN2O3+2. The molecule has 0 amide bonds. The predicted molar refractivity (Wildman–Crippen MR) is 106 cm³/mol. The fourth-order valence-electron chi connectivity index (χ4n) is 3.77. The summed E-state index contributed by atoms with van der Waals surface area (Å²) in [7, 11) is 4.98. The van der Waals surface area contributed by atoms with Crippen LogP contribution in [-0.2, 0) is 13.1 Å². The van der Waals surface area contributed by atoms with E-state index in [4.69, 9.17) is 25.8 Å². The number of halogens is 1. The summed E-state index contributed by atoms with van der Waals surface area (Å²) in [4.78, 5) is 3.20. The molecule has 3 rings (SSSR count). The zero-order valence-corrected chi connectivity index (χ0v) is 17.1. The SMILES string of the molecule is COc1ccc(C[NH+]2CC[NH+](Cc3ccc(Cl)cc3)CC2)c(OC)c1OC. The predicted octanol–water partition coefficient (Wildman–Crippen LogP) is 0.849. The second-order valence-electron chi connectivity index (χ2n) is 6.97. The third-order valence-corrected chi connectivity index (χ3v) is 5.51. The van der Waals surface area contributed by atoms with E-state index in [-0.39, 0.29) is 0 Å². The van der Waals surface area contributed by atoms with Crippen LogP contribution in [0.5, 0.6) is 17.2 Å². The largest absolute Gasteiger partial charge is 0.493 e. The highest BCUT2D eigenvalue weighted by molar-refractivity contribution is 6.30. The van der Waals surface area contributed by atoms with Crippen molar-refractivity contribution in [1.29, 1.82) is 0 Å². The van der Waals surface area contributed by atoms with Crippen LogP contribution in [0.3, 0.4) is 0 Å². The third-order valence-electron chi connectivity index (χ3n) is 5.26. The quantitative estimate of drug-likeness (QED) is 0.733. The Labute approximate surface area is 166 Å². The van der Waals surface area contributed by atoms with Gasteiger partial charge in [0.1, 0.15) is 39.3 Å². The normalized spacial score (nSPS) is 19.6. The maximum atomic E-state index is 5.98. The van der Waals surface area contributed by atoms with Crippen molar-refractivity contribution in [3.8, 4) is 17.2 Å². The first-order valence-corrected chi connectivity index (χ1v) is 9.71. The maximum absolute atomic E-state index is 5.98. The summed E-state index contributed by atoms with van der Waals surface area (Å²) in [5.74, 6) is 2.15. The highest BCUT2D eigenvalue weighted by Gasteiger charge is 2.25. The average molecular weight is 393 g/mol. The lowest BCUT2D eigenvalue weighted by atomic mass is 10.1. The number of hydrogen-bond donors (Lipinski definition) is 2. The van der Waals surface area contributed by atoms with Gasteiger partial charge in [-0.3, -0.25) is 0 Å². The van der Waals surface area contributed by atoms with Crippen LogP contribution in [0.2, 0.25) is 5.02 Å². The number of nitrogens with one attached hydrogen (secondary N) is 2. The lowest BCUT2D eigenvalue weighted by molar-refractivity contribution is -1.02. The topological polar surface area (TPSA) is 36.6 Å². The van der Waals surface area contributed by atoms with Crippen LogP contribution in [-0.4, -0.2) is 47.5 Å². The van der Waals surface area contributed by atoms with Crippen molar-refractivity contribution in [1.82, 2.24) is 0 Å². The summed E-state index contributed by atoms with van der Waals surface area (Å²) in [6.45, 7) is 6.59. The Bertz CT molecular complexity index is 744. The van der Waals surface area contributed by atoms with Crippen molar-refractivity contribution in [2.45, 2.75) is 13.1 Å². The molecule has 0 atom stereocenters. The first-order chi connectivity index (χ1) is 13.1. The van der Waals surface area contributed by atoms with Crippen LogP contribution in [0, 0.1) is 0 Å². The van der Waals surface area contributed by atoms with Crippen molar-refractivity contribution >= 4 is 11.6 Å². The Kier molecular flexibility index (Phi) is 6.83. The van der Waals surface area contributed by atoms with E-state index in [0.717, 1.165) is 55.6 Å². The minimum Gasteiger partial charge on any atom is -0.493 e. The molecule has 2 aromatic rings. The first kappa shape index (κ1) is 19.8. The van der Waals surface area contributed by atoms with E-state index >= 15 is 0 Å². The molecule has 0 saturated carbocycles. The number of ether oxygens (including phenoxy) is 3. The van der Waals surface area contributed by atoms with E-state index in [0.29, 0.717) is 11.5 Å². The number of benzene rings is 2. The standard InChI is InChI=1S/C21H27ClN2O3/c1-25-19-9-6-17(20(26-2)21(19)27-3)15-24-12-10-23(11-13-24)14-16-4-7-18(22)8-5-16/h4-9H,10-15H2,1-3H3/p+2. The van der Waals surface area contributed by atoms with Gasteiger partial charge in [0.2, 0.25) is 5.75 Å². The summed E-state index contributed by atoms with van der Waals surface area (Å²) in [5, 5.41) is 0.798. The van der Waals surface area contributed by atoms with Gasteiger partial charge in [0.15, 0.2) is 11.5 Å². The van der Waals surface area contributed by atoms with Crippen LogP contribution >= 0.6 is 11.6 Å². The van der Waals surface area contributed by atoms with Crippen molar-refractivity contribution in [3.05, 3.63) is 52.5 Å². The molecule has 0 aliphatic carbocycles. The molecule has 0 unspecified atom stereocenters. The van der Waals surface area contributed by atoms with Crippen LogP contribution in [0.4, 0.5) is 0 Å². The van der Waals surface area contributed by atoms with Gasteiger partial charge in [-0.25, -0.2) is 0 Å². The minimum atomic E-state index is 0.670. The Morgan fingerprint density at radius 1 is 0.741 bits per heavy atom. The molecule has 146 valence electrons. The van der Waals surface area contributed by atoms with E-state index in [1.54, 1.807) is 31.1 Å². The highest BCUT2D eigenvalue weighted by atomic mass is 35.5. The summed E-state index contributed by atoms with van der Waals surface area (Å²) in [6.07, 6.45) is 0. The molecule has 1 fully saturated rings. The molecule has 2 N–H and O–H groups in total. The summed E-state index contributed by atoms with van der Waals surface area (Å²) in [6, 6.07) is 12.2. The number of methoxy groups -OCH3 is 3. The van der Waals surface area contributed by atoms with E-state index in [2.05, 4.69) is 18.2 Å². The van der Waals surface area contributed by atoms with E-state index in [1.807, 2.05) is 18.2 Å². The van der Waals surface area contributed by atoms with E-state index in [1.165, 1.54) is 5.56 Å². The number of hydrogen-bond acceptors (Lipinski definition) is 3. The number of piperazine rings is 1. The van der Waals surface area contributed by atoms with Crippen molar-refractivity contribution in [3.63, 3.8) is 0 Å². The first-order valence-electron chi connectivity index (χ1n) is 9.34. The lowest BCUT2D eigenvalue weighted by Crippen LogP contribution is -3.27. The Morgan fingerprint density at radius 2 is 1.33 bits per heavy atom. The van der Waals surface area contributed by atoms with Gasteiger partial charge in [-0.2, -0.15) is 0 Å². The molecule has 27 heavy (non-hydrogen) atoms.